The number of benzene rings is 1. The largest absolute Gasteiger partial charge is 0.406 e. The summed E-state index contributed by atoms with van der Waals surface area (Å²) in [5, 5.41) is 0. The van der Waals surface area contributed by atoms with E-state index in [-0.39, 0.29) is 0 Å². The van der Waals surface area contributed by atoms with Crippen LogP contribution in [-0.4, -0.2) is 3.93 Å². The van der Waals surface area contributed by atoms with Crippen LogP contribution in [0.5, 0.6) is 0 Å². The van der Waals surface area contributed by atoms with Crippen LogP contribution in [-0.2, 0) is 0 Å². The summed E-state index contributed by atoms with van der Waals surface area (Å²) in [5.41, 5.74) is 4.04. The number of aromatic nitrogens is 1. The van der Waals surface area contributed by atoms with E-state index in [1.807, 2.05) is 0 Å². The predicted molar refractivity (Wildman–Crippen MR) is 88.7 cm³/mol. The van der Waals surface area contributed by atoms with Crippen LogP contribution in [0.4, 0.5) is 0 Å². The Bertz CT molecular complexity index is 625. The molecule has 0 radical (unpaired) electrons. The second-order valence-corrected chi connectivity index (χ2v) is 9.55. The van der Waals surface area contributed by atoms with Crippen LogP contribution in [0.3, 0.4) is 0 Å². The van der Waals surface area contributed by atoms with E-state index < -0.39 is 3.93 Å². The summed E-state index contributed by atoms with van der Waals surface area (Å²) in [7, 11) is 0. The molecule has 0 aliphatic carbocycles. The van der Waals surface area contributed by atoms with Gasteiger partial charge in [0.1, 0.15) is 6.20 Å². The van der Waals surface area contributed by atoms with Crippen LogP contribution < -0.4 is 4.48 Å². The molecule has 0 spiro atoms. The minimum absolute atomic E-state index is 0.441. The molecule has 1 aromatic heterocycles. The molecule has 1 nitrogen and oxygen atoms in total. The Balaban J connectivity index is 2.35. The molecule has 3 rings (SSSR count). The molecule has 19 heavy (non-hydrogen) atoms. The highest BCUT2D eigenvalue weighted by Crippen LogP contribution is 2.46. The number of nitrogens with zero attached hydrogens (tertiary/aromatic N) is 1. The Hall–Kier alpha value is -0.605. The van der Waals surface area contributed by atoms with Gasteiger partial charge in [0.25, 0.3) is 0 Å². The summed E-state index contributed by atoms with van der Waals surface area (Å²) >= 11 is 7.94. The lowest BCUT2D eigenvalue weighted by Crippen LogP contribution is -2.63. The molecule has 98 valence electrons. The molecule has 0 amide bonds. The molecule has 2 heterocycles. The minimum Gasteiger partial charge on any atom is -0.400 e. The topological polar surface area (TPSA) is 3.88 Å². The first-order chi connectivity index (χ1) is 9.03. The molecule has 0 N–H and O–H groups in total. The minimum atomic E-state index is -1.01. The monoisotopic (exact) mass is 379 g/mol. The van der Waals surface area contributed by atoms with Gasteiger partial charge in [0.05, 0.1) is 0 Å². The molecule has 1 aromatic carbocycles. The standard InChI is InChI=1S/C15H16BBr2N/c1-11(2)15-13-8-4-3-7-12(13)14-9-5-6-10-19(14)16(15,17)18/h3-11,15H,1-2H3/t15-/m1/s1. The average molecular weight is 381 g/mol. The van der Waals surface area contributed by atoms with Crippen LogP contribution in [0.15, 0.2) is 48.7 Å². The zero-order valence-corrected chi connectivity index (χ0v) is 14.2. The third-order valence-corrected chi connectivity index (χ3v) is 6.03. The fraction of sp³-hybridized carbons (Fsp3) is 0.267. The van der Waals surface area contributed by atoms with Gasteiger partial charge in [-0.15, -0.1) is 0 Å². The molecule has 2 aromatic rings. The van der Waals surface area contributed by atoms with Crippen LogP contribution >= 0.6 is 31.5 Å². The van der Waals surface area contributed by atoms with Crippen LogP contribution in [0, 0.1) is 5.92 Å². The van der Waals surface area contributed by atoms with Gasteiger partial charge in [-0.05, 0) is 17.9 Å². The van der Waals surface area contributed by atoms with E-state index in [0.717, 1.165) is 0 Å². The summed E-state index contributed by atoms with van der Waals surface area (Å²) < 4.78 is 1.33. The van der Waals surface area contributed by atoms with Crippen LogP contribution in [0.2, 0.25) is 0 Å². The summed E-state index contributed by atoms with van der Waals surface area (Å²) in [5.74, 6) is 0.997. The van der Waals surface area contributed by atoms with Crippen molar-refractivity contribution in [2.45, 2.75) is 19.7 Å². The zero-order chi connectivity index (χ0) is 13.6. The van der Waals surface area contributed by atoms with Crippen LogP contribution in [0.25, 0.3) is 11.3 Å². The first kappa shape index (κ1) is 13.4. The third kappa shape index (κ3) is 2.00. The molecule has 1 atom stereocenters. The van der Waals surface area contributed by atoms with E-state index in [4.69, 9.17) is 0 Å². The Morgan fingerprint density at radius 1 is 1.05 bits per heavy atom. The number of pyridine rings is 1. The predicted octanol–water partition coefficient (Wildman–Crippen LogP) is 4.51. The maximum absolute atomic E-state index is 3.97. The van der Waals surface area contributed by atoms with Gasteiger partial charge in [-0.3, -0.25) is 0 Å². The van der Waals surface area contributed by atoms with Crippen molar-refractivity contribution in [3.63, 3.8) is 0 Å². The van der Waals surface area contributed by atoms with Crippen molar-refractivity contribution in [3.05, 3.63) is 54.2 Å². The second-order valence-electron chi connectivity index (χ2n) is 5.53. The molecule has 0 bridgehead atoms. The smallest absolute Gasteiger partial charge is 0.400 e. The highest BCUT2D eigenvalue weighted by atomic mass is 79.9. The Morgan fingerprint density at radius 3 is 2.47 bits per heavy atom. The molecular weight excluding hydrogens is 365 g/mol. The summed E-state index contributed by atoms with van der Waals surface area (Å²) in [6.07, 6.45) is 2.16. The highest BCUT2D eigenvalue weighted by Gasteiger charge is 2.47. The van der Waals surface area contributed by atoms with E-state index in [1.165, 1.54) is 16.8 Å². The summed E-state index contributed by atoms with van der Waals surface area (Å²) in [4.78, 5) is 0. The fourth-order valence-electron chi connectivity index (χ4n) is 3.22. The number of hydrogen-bond donors (Lipinski definition) is 0. The number of rotatable bonds is 1. The van der Waals surface area contributed by atoms with Gasteiger partial charge >= 0.3 is 3.93 Å². The van der Waals surface area contributed by atoms with Gasteiger partial charge in [-0.1, -0.05) is 49.6 Å². The van der Waals surface area contributed by atoms with Crippen LogP contribution in [0.1, 0.15) is 25.2 Å². The third-order valence-electron chi connectivity index (χ3n) is 4.01. The molecule has 1 aliphatic heterocycles. The molecular formula is C15H16BBr2N. The summed E-state index contributed by atoms with van der Waals surface area (Å²) in [6.45, 7) is 4.57. The molecule has 0 fully saturated rings. The average Bonchev–Trinajstić information content (AvgIpc) is 2.38. The highest BCUT2D eigenvalue weighted by molar-refractivity contribution is 9.50. The normalized spacial score (nSPS) is 19.9. The molecule has 0 saturated heterocycles. The number of hydrogen-bond acceptors (Lipinski definition) is 0. The number of fused-ring (bicyclic) bond motifs is 3. The maximum atomic E-state index is 3.97. The first-order valence-corrected chi connectivity index (χ1v) is 8.48. The lowest BCUT2D eigenvalue weighted by molar-refractivity contribution is -0.526. The summed E-state index contributed by atoms with van der Waals surface area (Å²) in [6, 6.07) is 15.1. The van der Waals surface area contributed by atoms with Crippen molar-refractivity contribution >= 4 is 35.4 Å². The van der Waals surface area contributed by atoms with Gasteiger partial charge < -0.3 is 4.48 Å². The first-order valence-electron chi connectivity index (χ1n) is 6.65. The van der Waals surface area contributed by atoms with Gasteiger partial charge in [0, 0.05) is 11.6 Å². The SMILES string of the molecule is CC(C)[C@@H]1c2ccccc2-c2cccc[n+]2[B-]1(Br)Br. The van der Waals surface area contributed by atoms with E-state index in [1.54, 1.807) is 0 Å². The van der Waals surface area contributed by atoms with Gasteiger partial charge in [-0.2, -0.15) is 0 Å². The quantitative estimate of drug-likeness (QED) is 0.641. The van der Waals surface area contributed by atoms with E-state index >= 15 is 0 Å². The lowest BCUT2D eigenvalue weighted by atomic mass is 9.60. The van der Waals surface area contributed by atoms with Crippen molar-refractivity contribution in [1.29, 1.82) is 0 Å². The second kappa shape index (κ2) is 4.74. The molecule has 1 aliphatic rings. The van der Waals surface area contributed by atoms with Crippen molar-refractivity contribution in [2.75, 3.05) is 0 Å². The van der Waals surface area contributed by atoms with Crippen molar-refractivity contribution in [3.8, 4) is 11.3 Å². The fourth-order valence-corrected chi connectivity index (χ4v) is 5.72. The number of halogens is 2. The van der Waals surface area contributed by atoms with Gasteiger partial charge in [0.15, 0.2) is 5.69 Å². The Morgan fingerprint density at radius 2 is 1.74 bits per heavy atom. The van der Waals surface area contributed by atoms with Gasteiger partial charge in [-0.25, -0.2) is 31.5 Å². The van der Waals surface area contributed by atoms with Gasteiger partial charge in [0.2, 0.25) is 0 Å². The van der Waals surface area contributed by atoms with Crippen molar-refractivity contribution < 1.29 is 4.48 Å². The molecule has 4 heteroatoms. The van der Waals surface area contributed by atoms with E-state index in [2.05, 4.69) is 98.5 Å². The molecule has 0 saturated carbocycles. The Labute approximate surface area is 130 Å². The lowest BCUT2D eigenvalue weighted by Gasteiger charge is -2.41. The van der Waals surface area contributed by atoms with E-state index in [0.29, 0.717) is 11.7 Å². The zero-order valence-electron chi connectivity index (χ0n) is 11.1. The van der Waals surface area contributed by atoms with Crippen molar-refractivity contribution in [1.82, 2.24) is 0 Å². The van der Waals surface area contributed by atoms with E-state index in [9.17, 15) is 0 Å². The molecule has 0 unspecified atom stereocenters. The Kier molecular flexibility index (Phi) is 3.34. The maximum Gasteiger partial charge on any atom is 0.406 e. The van der Waals surface area contributed by atoms with Crippen molar-refractivity contribution in [2.24, 2.45) is 5.92 Å².